The van der Waals surface area contributed by atoms with Gasteiger partial charge in [0.15, 0.2) is 0 Å². The lowest BCUT2D eigenvalue weighted by Gasteiger charge is -2.34. The molecule has 0 saturated heterocycles. The Kier molecular flexibility index (Phi) is 27.0. The van der Waals surface area contributed by atoms with Gasteiger partial charge >= 0.3 is 29.8 Å². The number of aliphatic hydroxyl groups is 7. The number of hydrogen-bond donors (Lipinski definition) is 7. The smallest absolute Gasteiger partial charge is 0.330 e. The van der Waals surface area contributed by atoms with Crippen LogP contribution >= 0.6 is 0 Å². The van der Waals surface area contributed by atoms with Gasteiger partial charge in [-0.1, -0.05) is 32.9 Å². The van der Waals surface area contributed by atoms with Gasteiger partial charge < -0.3 is 68.9 Å². The van der Waals surface area contributed by atoms with E-state index in [1.54, 1.807) is 0 Å². The van der Waals surface area contributed by atoms with Crippen LogP contribution in [0.5, 0.6) is 0 Å². The van der Waals surface area contributed by atoms with Crippen LogP contribution in [0.3, 0.4) is 0 Å². The standard InChI is InChI=1S/C25H32O12.C10H22O7/c1-6-19(27)33-14-24(11-26,15-34-20(28)7-2)12-32-13-25(16-35-21(29)8-3,17-36-22(30)9-4)18-37-23(31)10-5;11-1-9(2-12,3-13)7-17-8-10(4-14,5-15)6-16/h6-10,26H,1-5,11-18H2;11-16H,1-8H2. The lowest BCUT2D eigenvalue weighted by Crippen LogP contribution is -2.46. The Bertz CT molecular complexity index is 1080. The molecule has 0 fully saturated rings. The van der Waals surface area contributed by atoms with Crippen LogP contribution in [0.25, 0.3) is 0 Å². The molecule has 0 radical (unpaired) electrons. The van der Waals surface area contributed by atoms with Crippen LogP contribution in [0, 0.1) is 21.7 Å². The molecule has 0 aromatic heterocycles. The zero-order valence-corrected chi connectivity index (χ0v) is 30.3. The Morgan fingerprint density at radius 3 is 0.722 bits per heavy atom. The second-order valence-electron chi connectivity index (χ2n) is 12.2. The molecule has 19 heteroatoms. The van der Waals surface area contributed by atoms with Crippen molar-refractivity contribution in [1.82, 2.24) is 0 Å². The van der Waals surface area contributed by atoms with Crippen molar-refractivity contribution in [2.45, 2.75) is 0 Å². The van der Waals surface area contributed by atoms with Crippen LogP contribution in [0.4, 0.5) is 0 Å². The highest BCUT2D eigenvalue weighted by Gasteiger charge is 2.39. The third-order valence-electron chi connectivity index (χ3n) is 7.42. The molecule has 0 aliphatic rings. The fourth-order valence-corrected chi connectivity index (χ4v) is 3.47. The van der Waals surface area contributed by atoms with Crippen molar-refractivity contribution in [2.75, 3.05) is 106 Å². The lowest BCUT2D eigenvalue weighted by molar-refractivity contribution is -0.167. The first-order valence-corrected chi connectivity index (χ1v) is 16.0. The van der Waals surface area contributed by atoms with E-state index >= 15 is 0 Å². The Morgan fingerprint density at radius 1 is 0.333 bits per heavy atom. The monoisotopic (exact) mass is 778 g/mol. The second-order valence-corrected chi connectivity index (χ2v) is 12.2. The highest BCUT2D eigenvalue weighted by molar-refractivity contribution is 5.82. The third kappa shape index (κ3) is 19.7. The number of carbonyl (C=O) groups is 5. The summed E-state index contributed by atoms with van der Waals surface area (Å²) in [5.41, 5.74) is -5.19. The van der Waals surface area contributed by atoms with Crippen LogP contribution in [0.2, 0.25) is 0 Å². The number of rotatable bonds is 30. The van der Waals surface area contributed by atoms with Crippen LogP contribution in [-0.2, 0) is 57.1 Å². The first kappa shape index (κ1) is 51.8. The molecule has 0 aromatic rings. The number of hydrogen-bond acceptors (Lipinski definition) is 19. The van der Waals surface area contributed by atoms with Crippen LogP contribution < -0.4 is 0 Å². The number of ether oxygens (including phenoxy) is 7. The van der Waals surface area contributed by atoms with Crippen molar-refractivity contribution in [2.24, 2.45) is 21.7 Å². The molecule has 0 aliphatic heterocycles. The van der Waals surface area contributed by atoms with Crippen molar-refractivity contribution in [3.63, 3.8) is 0 Å². The second kappa shape index (κ2) is 28.2. The Labute approximate surface area is 313 Å². The van der Waals surface area contributed by atoms with Crippen molar-refractivity contribution in [3.8, 4) is 0 Å². The number of carbonyl (C=O) groups excluding carboxylic acids is 5. The van der Waals surface area contributed by atoms with Crippen molar-refractivity contribution in [1.29, 1.82) is 0 Å². The summed E-state index contributed by atoms with van der Waals surface area (Å²) in [7, 11) is 0. The predicted molar refractivity (Wildman–Crippen MR) is 187 cm³/mol. The molecular formula is C35H54O19. The van der Waals surface area contributed by atoms with E-state index in [0.29, 0.717) is 0 Å². The van der Waals surface area contributed by atoms with E-state index < -0.39 is 131 Å². The Balaban J connectivity index is 0. The molecule has 0 rings (SSSR count). The largest absolute Gasteiger partial charge is 0.462 e. The maximum Gasteiger partial charge on any atom is 0.330 e. The fourth-order valence-electron chi connectivity index (χ4n) is 3.47. The average Bonchev–Trinajstić information content (AvgIpc) is 3.21. The maximum absolute atomic E-state index is 11.7. The summed E-state index contributed by atoms with van der Waals surface area (Å²) in [5.74, 6) is -4.04. The molecule has 0 bridgehead atoms. The molecule has 54 heavy (non-hydrogen) atoms. The lowest BCUT2D eigenvalue weighted by atomic mass is 9.90. The molecule has 0 heterocycles. The number of esters is 5. The van der Waals surface area contributed by atoms with E-state index in [0.717, 1.165) is 30.4 Å². The zero-order chi connectivity index (χ0) is 41.7. The fraction of sp³-hybridized carbons (Fsp3) is 0.571. The van der Waals surface area contributed by atoms with Crippen molar-refractivity contribution < 1.29 is 92.9 Å². The summed E-state index contributed by atoms with van der Waals surface area (Å²) < 4.78 is 36.2. The van der Waals surface area contributed by atoms with Gasteiger partial charge in [-0.25, -0.2) is 24.0 Å². The van der Waals surface area contributed by atoms with Gasteiger partial charge in [0.2, 0.25) is 0 Å². The molecule has 19 nitrogen and oxygen atoms in total. The van der Waals surface area contributed by atoms with Crippen molar-refractivity contribution >= 4 is 29.8 Å². The van der Waals surface area contributed by atoms with E-state index in [1.165, 1.54) is 0 Å². The van der Waals surface area contributed by atoms with Crippen LogP contribution in [0.15, 0.2) is 63.3 Å². The van der Waals surface area contributed by atoms with Crippen LogP contribution in [0.1, 0.15) is 0 Å². The molecule has 0 aromatic carbocycles. The van der Waals surface area contributed by atoms with Gasteiger partial charge in [0.25, 0.3) is 0 Å². The topological polar surface area (TPSA) is 292 Å². The Morgan fingerprint density at radius 2 is 0.519 bits per heavy atom. The summed E-state index contributed by atoms with van der Waals surface area (Å²) in [5, 5.41) is 64.2. The molecule has 0 amide bonds. The zero-order valence-electron chi connectivity index (χ0n) is 30.3. The highest BCUT2D eigenvalue weighted by Crippen LogP contribution is 2.25. The predicted octanol–water partition coefficient (Wildman–Crippen LogP) is -2.46. The summed E-state index contributed by atoms with van der Waals surface area (Å²) >= 11 is 0. The van der Waals surface area contributed by atoms with Gasteiger partial charge in [-0.05, 0) is 0 Å². The SMILES string of the molecule is C=CC(=O)OCC(CO)(COCC(COC(=O)C=C)(COC(=O)C=C)COC(=O)C=C)COC(=O)C=C.OCC(CO)(CO)COCC(CO)(CO)CO. The molecule has 308 valence electrons. The molecule has 0 spiro atoms. The van der Waals surface area contributed by atoms with E-state index in [2.05, 4.69) is 32.9 Å². The summed E-state index contributed by atoms with van der Waals surface area (Å²) in [6.07, 6.45) is 4.50. The Hall–Kier alpha value is -4.31. The molecular weight excluding hydrogens is 724 g/mol. The minimum Gasteiger partial charge on any atom is -0.462 e. The summed E-state index contributed by atoms with van der Waals surface area (Å²) in [6, 6.07) is 0. The molecule has 7 N–H and O–H groups in total. The molecule has 0 aliphatic carbocycles. The van der Waals surface area contributed by atoms with Crippen LogP contribution in [-0.4, -0.2) is 171 Å². The molecule has 0 unspecified atom stereocenters. The minimum absolute atomic E-state index is 0.141. The number of aliphatic hydroxyl groups excluding tert-OH is 7. The molecule has 0 saturated carbocycles. The summed E-state index contributed by atoms with van der Waals surface area (Å²) in [4.78, 5) is 58.3. The highest BCUT2D eigenvalue weighted by atomic mass is 16.6. The van der Waals surface area contributed by atoms with Gasteiger partial charge in [0.05, 0.1) is 94.3 Å². The minimum atomic E-state index is -1.44. The first-order valence-electron chi connectivity index (χ1n) is 16.0. The van der Waals surface area contributed by atoms with E-state index in [4.69, 9.17) is 63.8 Å². The van der Waals surface area contributed by atoms with Gasteiger partial charge in [0.1, 0.15) is 33.0 Å². The van der Waals surface area contributed by atoms with E-state index in [1.807, 2.05) is 0 Å². The van der Waals surface area contributed by atoms with E-state index in [9.17, 15) is 29.1 Å². The van der Waals surface area contributed by atoms with Gasteiger partial charge in [0, 0.05) is 30.4 Å². The average molecular weight is 779 g/mol. The summed E-state index contributed by atoms with van der Waals surface area (Å²) in [6.45, 7) is 9.83. The van der Waals surface area contributed by atoms with Gasteiger partial charge in [-0.2, -0.15) is 0 Å². The normalized spacial score (nSPS) is 11.5. The van der Waals surface area contributed by atoms with E-state index in [-0.39, 0.29) is 26.4 Å². The first-order chi connectivity index (χ1) is 25.6. The quantitative estimate of drug-likeness (QED) is 0.0226. The molecule has 0 atom stereocenters. The van der Waals surface area contributed by atoms with Gasteiger partial charge in [-0.3, -0.25) is 0 Å². The van der Waals surface area contributed by atoms with Crippen molar-refractivity contribution in [3.05, 3.63) is 63.3 Å². The van der Waals surface area contributed by atoms with Gasteiger partial charge in [-0.15, -0.1) is 0 Å². The maximum atomic E-state index is 11.7. The third-order valence-corrected chi connectivity index (χ3v) is 7.42.